The number of aryl methyl sites for hydroxylation is 1. The fraction of sp³-hybridized carbons (Fsp3) is 0.467. The quantitative estimate of drug-likeness (QED) is 0.792. The van der Waals surface area contributed by atoms with Gasteiger partial charge in [0.05, 0.1) is 12.5 Å². The van der Waals surface area contributed by atoms with E-state index in [0.717, 1.165) is 35.4 Å². The molecular formula is C15H17NO3. The van der Waals surface area contributed by atoms with Gasteiger partial charge in [0, 0.05) is 17.9 Å². The standard InChI is InChI=1S/C15H17NO3/c1-3-13-16-12-7-5-6-9(14(12)19-13)10-8-11(10)15(17)18-4-2/h5-7,10-11H,3-4,8H2,1-2H3/t10-,11+/m0/s1. The number of rotatable bonds is 4. The highest BCUT2D eigenvalue weighted by molar-refractivity contribution is 5.82. The number of nitrogens with zero attached hydrogens (tertiary/aromatic N) is 1. The number of hydrogen-bond acceptors (Lipinski definition) is 4. The molecule has 2 atom stereocenters. The number of para-hydroxylation sites is 1. The summed E-state index contributed by atoms with van der Waals surface area (Å²) in [7, 11) is 0. The Morgan fingerprint density at radius 1 is 1.47 bits per heavy atom. The molecule has 100 valence electrons. The third kappa shape index (κ3) is 2.11. The van der Waals surface area contributed by atoms with E-state index in [1.54, 1.807) is 0 Å². The number of esters is 1. The van der Waals surface area contributed by atoms with Crippen LogP contribution >= 0.6 is 0 Å². The molecule has 2 aromatic rings. The molecule has 1 fully saturated rings. The number of hydrogen-bond donors (Lipinski definition) is 0. The first-order valence-corrected chi connectivity index (χ1v) is 6.79. The SMILES string of the molecule is CCOC(=O)[C@@H]1C[C@H]1c1cccc2nc(CC)oc12. The number of carbonyl (C=O) groups excluding carboxylic acids is 1. The van der Waals surface area contributed by atoms with Crippen molar-refractivity contribution in [1.29, 1.82) is 0 Å². The Morgan fingerprint density at radius 3 is 3.05 bits per heavy atom. The fourth-order valence-electron chi connectivity index (χ4n) is 2.51. The van der Waals surface area contributed by atoms with Crippen LogP contribution in [0.3, 0.4) is 0 Å². The molecule has 0 saturated heterocycles. The molecule has 3 rings (SSSR count). The van der Waals surface area contributed by atoms with Gasteiger partial charge < -0.3 is 9.15 Å². The Labute approximate surface area is 111 Å². The van der Waals surface area contributed by atoms with Gasteiger partial charge in [0.2, 0.25) is 0 Å². The maximum absolute atomic E-state index is 11.7. The van der Waals surface area contributed by atoms with Crippen molar-refractivity contribution in [3.05, 3.63) is 29.7 Å². The van der Waals surface area contributed by atoms with Crippen molar-refractivity contribution in [3.63, 3.8) is 0 Å². The van der Waals surface area contributed by atoms with Crippen LogP contribution < -0.4 is 0 Å². The second kappa shape index (κ2) is 4.68. The van der Waals surface area contributed by atoms with Gasteiger partial charge in [-0.15, -0.1) is 0 Å². The highest BCUT2D eigenvalue weighted by Gasteiger charge is 2.46. The monoisotopic (exact) mass is 259 g/mol. The number of aromatic nitrogens is 1. The largest absolute Gasteiger partial charge is 0.466 e. The summed E-state index contributed by atoms with van der Waals surface area (Å²) >= 11 is 0. The van der Waals surface area contributed by atoms with Crippen molar-refractivity contribution in [1.82, 2.24) is 4.98 Å². The first-order valence-electron chi connectivity index (χ1n) is 6.79. The van der Waals surface area contributed by atoms with Crippen LogP contribution in [-0.2, 0) is 16.0 Å². The lowest BCUT2D eigenvalue weighted by Crippen LogP contribution is -2.07. The van der Waals surface area contributed by atoms with Crippen molar-refractivity contribution >= 4 is 17.1 Å². The third-order valence-corrected chi connectivity index (χ3v) is 3.57. The molecule has 0 radical (unpaired) electrons. The van der Waals surface area contributed by atoms with Crippen LogP contribution in [0.4, 0.5) is 0 Å². The molecule has 1 aromatic heterocycles. The first kappa shape index (κ1) is 12.2. The smallest absolute Gasteiger partial charge is 0.309 e. The zero-order valence-electron chi connectivity index (χ0n) is 11.2. The van der Waals surface area contributed by atoms with E-state index in [4.69, 9.17) is 9.15 Å². The van der Waals surface area contributed by atoms with E-state index in [1.165, 1.54) is 0 Å². The van der Waals surface area contributed by atoms with Crippen LogP contribution in [0.5, 0.6) is 0 Å². The molecule has 0 unspecified atom stereocenters. The average molecular weight is 259 g/mol. The van der Waals surface area contributed by atoms with Crippen molar-refractivity contribution < 1.29 is 13.9 Å². The van der Waals surface area contributed by atoms with E-state index in [0.29, 0.717) is 6.61 Å². The second-order valence-electron chi connectivity index (χ2n) is 4.86. The molecule has 1 aliphatic carbocycles. The Hall–Kier alpha value is -1.84. The topological polar surface area (TPSA) is 52.3 Å². The Bertz CT molecular complexity index is 617. The van der Waals surface area contributed by atoms with Gasteiger partial charge in [0.15, 0.2) is 11.5 Å². The van der Waals surface area contributed by atoms with Gasteiger partial charge in [-0.3, -0.25) is 4.79 Å². The molecular weight excluding hydrogens is 242 g/mol. The third-order valence-electron chi connectivity index (χ3n) is 3.57. The fourth-order valence-corrected chi connectivity index (χ4v) is 2.51. The van der Waals surface area contributed by atoms with Gasteiger partial charge in [0.25, 0.3) is 0 Å². The van der Waals surface area contributed by atoms with Crippen LogP contribution in [0, 0.1) is 5.92 Å². The van der Waals surface area contributed by atoms with E-state index in [1.807, 2.05) is 32.0 Å². The van der Waals surface area contributed by atoms with Crippen LogP contribution in [0.15, 0.2) is 22.6 Å². The second-order valence-corrected chi connectivity index (χ2v) is 4.86. The van der Waals surface area contributed by atoms with E-state index < -0.39 is 0 Å². The normalized spacial score (nSPS) is 21.6. The zero-order chi connectivity index (χ0) is 13.4. The lowest BCUT2D eigenvalue weighted by Gasteiger charge is -2.01. The Morgan fingerprint density at radius 2 is 2.32 bits per heavy atom. The molecule has 1 heterocycles. The number of fused-ring (bicyclic) bond motifs is 1. The molecule has 0 amide bonds. The summed E-state index contributed by atoms with van der Waals surface area (Å²) in [6.07, 6.45) is 1.63. The molecule has 0 spiro atoms. The number of ether oxygens (including phenoxy) is 1. The van der Waals surface area contributed by atoms with Crippen LogP contribution in [-0.4, -0.2) is 17.6 Å². The molecule has 0 N–H and O–H groups in total. The highest BCUT2D eigenvalue weighted by Crippen LogP contribution is 2.50. The molecule has 1 saturated carbocycles. The first-order chi connectivity index (χ1) is 9.24. The minimum Gasteiger partial charge on any atom is -0.466 e. The van der Waals surface area contributed by atoms with Gasteiger partial charge in [-0.25, -0.2) is 4.98 Å². The lowest BCUT2D eigenvalue weighted by atomic mass is 10.1. The van der Waals surface area contributed by atoms with E-state index >= 15 is 0 Å². The molecule has 4 nitrogen and oxygen atoms in total. The van der Waals surface area contributed by atoms with E-state index in [-0.39, 0.29) is 17.8 Å². The summed E-state index contributed by atoms with van der Waals surface area (Å²) in [6.45, 7) is 4.29. The molecule has 4 heteroatoms. The summed E-state index contributed by atoms with van der Waals surface area (Å²) in [6, 6.07) is 5.94. The van der Waals surface area contributed by atoms with Gasteiger partial charge in [-0.2, -0.15) is 0 Å². The average Bonchev–Trinajstić information content (AvgIpc) is 3.09. The molecule has 0 aliphatic heterocycles. The van der Waals surface area contributed by atoms with E-state index in [2.05, 4.69) is 4.98 Å². The molecule has 19 heavy (non-hydrogen) atoms. The molecule has 1 aromatic carbocycles. The van der Waals surface area contributed by atoms with Crippen LogP contribution in [0.25, 0.3) is 11.1 Å². The van der Waals surface area contributed by atoms with Crippen molar-refractivity contribution in [3.8, 4) is 0 Å². The maximum atomic E-state index is 11.7. The summed E-state index contributed by atoms with van der Waals surface area (Å²) in [5.41, 5.74) is 2.79. The minimum absolute atomic E-state index is 0.0132. The Balaban J connectivity index is 1.90. The van der Waals surface area contributed by atoms with E-state index in [9.17, 15) is 4.79 Å². The molecule has 0 bridgehead atoms. The summed E-state index contributed by atoms with van der Waals surface area (Å²) in [4.78, 5) is 16.1. The van der Waals surface area contributed by atoms with Crippen molar-refractivity contribution in [2.45, 2.75) is 32.6 Å². The number of oxazole rings is 1. The zero-order valence-corrected chi connectivity index (χ0v) is 11.2. The summed E-state index contributed by atoms with van der Waals surface area (Å²) in [5, 5.41) is 0. The summed E-state index contributed by atoms with van der Waals surface area (Å²) in [5.74, 6) is 0.858. The van der Waals surface area contributed by atoms with Gasteiger partial charge in [0.1, 0.15) is 5.52 Å². The minimum atomic E-state index is -0.0975. The van der Waals surface area contributed by atoms with Gasteiger partial charge in [-0.05, 0) is 19.4 Å². The van der Waals surface area contributed by atoms with Crippen LogP contribution in [0.1, 0.15) is 37.6 Å². The number of carbonyl (C=O) groups is 1. The van der Waals surface area contributed by atoms with Crippen molar-refractivity contribution in [2.75, 3.05) is 6.61 Å². The number of benzene rings is 1. The Kier molecular flexibility index (Phi) is 3.01. The maximum Gasteiger partial charge on any atom is 0.309 e. The predicted octanol–water partition coefficient (Wildman–Crippen LogP) is 3.06. The molecule has 1 aliphatic rings. The van der Waals surface area contributed by atoms with Gasteiger partial charge >= 0.3 is 5.97 Å². The predicted molar refractivity (Wildman–Crippen MR) is 70.9 cm³/mol. The summed E-state index contributed by atoms with van der Waals surface area (Å²) < 4.78 is 10.8. The van der Waals surface area contributed by atoms with Gasteiger partial charge in [-0.1, -0.05) is 19.1 Å². The highest BCUT2D eigenvalue weighted by atomic mass is 16.5. The lowest BCUT2D eigenvalue weighted by molar-refractivity contribution is -0.144. The van der Waals surface area contributed by atoms with Crippen LogP contribution in [0.2, 0.25) is 0 Å². The van der Waals surface area contributed by atoms with Crippen molar-refractivity contribution in [2.24, 2.45) is 5.92 Å².